The molecule has 0 atom stereocenters. The van der Waals surface area contributed by atoms with Gasteiger partial charge >= 0.3 is 0 Å². The lowest BCUT2D eigenvalue weighted by Gasteiger charge is -2.41. The van der Waals surface area contributed by atoms with Crippen LogP contribution < -0.4 is 0 Å². The van der Waals surface area contributed by atoms with E-state index in [0.29, 0.717) is 23.5 Å². The third-order valence-electron chi connectivity index (χ3n) is 4.92. The zero-order chi connectivity index (χ0) is 12.7. The molecule has 2 aliphatic rings. The third kappa shape index (κ3) is 2.05. The smallest absolute Gasteiger partial charge is 0.167 e. The van der Waals surface area contributed by atoms with Gasteiger partial charge in [-0.2, -0.15) is 0 Å². The van der Waals surface area contributed by atoms with Crippen molar-refractivity contribution in [3.8, 4) is 0 Å². The Morgan fingerprint density at radius 2 is 1.72 bits per heavy atom. The fraction of sp³-hybridized carbons (Fsp3) is 0.688. The van der Waals surface area contributed by atoms with Crippen LogP contribution in [0.4, 0.5) is 0 Å². The summed E-state index contributed by atoms with van der Waals surface area (Å²) in [5.74, 6) is 2.20. The highest BCUT2D eigenvalue weighted by molar-refractivity contribution is 7.12. The van der Waals surface area contributed by atoms with E-state index in [1.54, 1.807) is 11.3 Å². The Balaban J connectivity index is 1.84. The first-order valence-corrected chi connectivity index (χ1v) is 8.09. The maximum atomic E-state index is 12.9. The molecular weight excluding hydrogens is 240 g/mol. The van der Waals surface area contributed by atoms with E-state index in [1.165, 1.54) is 48.3 Å². The van der Waals surface area contributed by atoms with Gasteiger partial charge in [-0.15, -0.1) is 11.3 Å². The lowest BCUT2D eigenvalue weighted by atomic mass is 9.62. The van der Waals surface area contributed by atoms with Crippen LogP contribution in [0, 0.1) is 31.6 Å². The van der Waals surface area contributed by atoms with Gasteiger partial charge in [0.2, 0.25) is 0 Å². The van der Waals surface area contributed by atoms with E-state index in [9.17, 15) is 4.79 Å². The molecule has 3 rings (SSSR count). The van der Waals surface area contributed by atoms with Crippen molar-refractivity contribution in [3.63, 3.8) is 0 Å². The minimum atomic E-state index is 0.347. The predicted octanol–water partition coefficient (Wildman–Crippen LogP) is 4.76. The van der Waals surface area contributed by atoms with Crippen LogP contribution in [0.2, 0.25) is 0 Å². The summed E-state index contributed by atoms with van der Waals surface area (Å²) in [7, 11) is 0. The van der Waals surface area contributed by atoms with Gasteiger partial charge in [0.15, 0.2) is 5.78 Å². The first-order chi connectivity index (χ1) is 8.66. The summed E-state index contributed by atoms with van der Waals surface area (Å²) in [5, 5.41) is 0. The van der Waals surface area contributed by atoms with E-state index in [0.717, 1.165) is 5.56 Å². The van der Waals surface area contributed by atoms with E-state index >= 15 is 0 Å². The topological polar surface area (TPSA) is 17.1 Å². The lowest BCUT2D eigenvalue weighted by molar-refractivity contribution is 0.0578. The molecule has 1 nitrogen and oxygen atoms in total. The maximum Gasteiger partial charge on any atom is 0.167 e. The highest BCUT2D eigenvalue weighted by Gasteiger charge is 2.41. The fourth-order valence-electron chi connectivity index (χ4n) is 3.47. The Kier molecular flexibility index (Phi) is 3.31. The predicted molar refractivity (Wildman–Crippen MR) is 76.3 cm³/mol. The van der Waals surface area contributed by atoms with Gasteiger partial charge in [-0.05, 0) is 57.4 Å². The molecule has 1 aromatic rings. The van der Waals surface area contributed by atoms with E-state index in [1.807, 2.05) is 0 Å². The van der Waals surface area contributed by atoms with Crippen LogP contribution in [0.5, 0.6) is 0 Å². The Bertz CT molecular complexity index is 438. The zero-order valence-electron chi connectivity index (χ0n) is 11.4. The molecule has 1 heterocycles. The first-order valence-electron chi connectivity index (χ1n) is 7.28. The van der Waals surface area contributed by atoms with Crippen molar-refractivity contribution in [2.45, 2.75) is 52.4 Å². The zero-order valence-corrected chi connectivity index (χ0v) is 12.2. The molecule has 1 aromatic heterocycles. The van der Waals surface area contributed by atoms with Gasteiger partial charge in [-0.3, -0.25) is 4.79 Å². The van der Waals surface area contributed by atoms with Crippen molar-refractivity contribution in [1.29, 1.82) is 0 Å². The summed E-state index contributed by atoms with van der Waals surface area (Å²) >= 11 is 1.77. The highest BCUT2D eigenvalue weighted by Crippen LogP contribution is 2.46. The number of thiophene rings is 1. The number of hydrogen-bond donors (Lipinski definition) is 0. The number of rotatable bonds is 4. The van der Waals surface area contributed by atoms with Crippen LogP contribution >= 0.6 is 11.3 Å². The van der Waals surface area contributed by atoms with E-state index in [-0.39, 0.29) is 0 Å². The van der Waals surface area contributed by atoms with Crippen molar-refractivity contribution >= 4 is 17.1 Å². The monoisotopic (exact) mass is 262 g/mol. The molecule has 2 heteroatoms. The van der Waals surface area contributed by atoms with Crippen molar-refractivity contribution in [3.05, 3.63) is 21.4 Å². The van der Waals surface area contributed by atoms with Gasteiger partial charge in [0.25, 0.3) is 0 Å². The van der Waals surface area contributed by atoms with Crippen LogP contribution in [0.15, 0.2) is 6.07 Å². The SMILES string of the molecule is Cc1cc(C(=O)C(C2CCC2)C2CCC2)c(C)s1. The standard InChI is InChI=1S/C16H22OS/c1-10-9-14(11(2)18-10)16(17)15(12-5-3-6-12)13-7-4-8-13/h9,12-13,15H,3-8H2,1-2H3. The third-order valence-corrected chi connectivity index (χ3v) is 5.89. The highest BCUT2D eigenvalue weighted by atomic mass is 32.1. The second-order valence-electron chi connectivity index (χ2n) is 6.10. The lowest BCUT2D eigenvalue weighted by Crippen LogP contribution is -2.37. The second kappa shape index (κ2) is 4.80. The number of carbonyl (C=O) groups is 1. The summed E-state index contributed by atoms with van der Waals surface area (Å²) in [6, 6.07) is 2.12. The Morgan fingerprint density at radius 3 is 2.06 bits per heavy atom. The molecule has 0 spiro atoms. The Labute approximate surface area is 114 Å². The summed E-state index contributed by atoms with van der Waals surface area (Å²) in [4.78, 5) is 15.4. The van der Waals surface area contributed by atoms with Crippen LogP contribution in [0.25, 0.3) is 0 Å². The van der Waals surface area contributed by atoms with Crippen molar-refractivity contribution in [1.82, 2.24) is 0 Å². The summed E-state index contributed by atoms with van der Waals surface area (Å²) in [5.41, 5.74) is 1.03. The van der Waals surface area contributed by atoms with Gasteiger partial charge in [0.05, 0.1) is 0 Å². The average molecular weight is 262 g/mol. The molecule has 0 saturated heterocycles. The number of carbonyl (C=O) groups excluding carboxylic acids is 1. The van der Waals surface area contributed by atoms with Gasteiger partial charge in [0.1, 0.15) is 0 Å². The summed E-state index contributed by atoms with van der Waals surface area (Å²) in [6.07, 6.45) is 7.82. The second-order valence-corrected chi connectivity index (χ2v) is 7.56. The van der Waals surface area contributed by atoms with Gasteiger partial charge in [-0.1, -0.05) is 12.8 Å². The Morgan fingerprint density at radius 1 is 1.17 bits per heavy atom. The first kappa shape index (κ1) is 12.4. The molecule has 0 amide bonds. The van der Waals surface area contributed by atoms with Crippen molar-refractivity contribution < 1.29 is 4.79 Å². The summed E-state index contributed by atoms with van der Waals surface area (Å²) < 4.78 is 0. The molecule has 2 saturated carbocycles. The molecule has 0 bridgehead atoms. The van der Waals surface area contributed by atoms with E-state index < -0.39 is 0 Å². The van der Waals surface area contributed by atoms with E-state index in [2.05, 4.69) is 19.9 Å². The number of aryl methyl sites for hydroxylation is 2. The van der Waals surface area contributed by atoms with Crippen molar-refractivity contribution in [2.24, 2.45) is 17.8 Å². The van der Waals surface area contributed by atoms with Crippen LogP contribution in [-0.2, 0) is 0 Å². The minimum Gasteiger partial charge on any atom is -0.294 e. The number of Topliss-reactive ketones (excluding diaryl/α,β-unsaturated/α-hetero) is 1. The van der Waals surface area contributed by atoms with Gasteiger partial charge < -0.3 is 0 Å². The number of hydrogen-bond acceptors (Lipinski definition) is 2. The number of ketones is 1. The molecule has 0 N–H and O–H groups in total. The van der Waals surface area contributed by atoms with Gasteiger partial charge in [-0.25, -0.2) is 0 Å². The molecule has 0 unspecified atom stereocenters. The molecule has 0 radical (unpaired) electrons. The quantitative estimate of drug-likeness (QED) is 0.715. The molecule has 98 valence electrons. The molecular formula is C16H22OS. The minimum absolute atomic E-state index is 0.347. The van der Waals surface area contributed by atoms with Crippen LogP contribution in [0.3, 0.4) is 0 Å². The van der Waals surface area contributed by atoms with Gasteiger partial charge in [0, 0.05) is 21.2 Å². The molecule has 0 aromatic carbocycles. The Hall–Kier alpha value is -0.630. The fourth-order valence-corrected chi connectivity index (χ4v) is 4.40. The van der Waals surface area contributed by atoms with E-state index in [4.69, 9.17) is 0 Å². The molecule has 2 aliphatic carbocycles. The van der Waals surface area contributed by atoms with Crippen LogP contribution in [-0.4, -0.2) is 5.78 Å². The molecule has 2 fully saturated rings. The van der Waals surface area contributed by atoms with Crippen molar-refractivity contribution in [2.75, 3.05) is 0 Å². The molecule has 18 heavy (non-hydrogen) atoms. The largest absolute Gasteiger partial charge is 0.294 e. The summed E-state index contributed by atoms with van der Waals surface area (Å²) in [6.45, 7) is 4.21. The molecule has 0 aliphatic heterocycles. The maximum absolute atomic E-state index is 12.9. The van der Waals surface area contributed by atoms with Crippen LogP contribution in [0.1, 0.15) is 58.6 Å². The average Bonchev–Trinajstić information content (AvgIpc) is 2.50. The normalized spacial score (nSPS) is 20.8.